The summed E-state index contributed by atoms with van der Waals surface area (Å²) in [7, 11) is -4.47. The minimum absolute atomic E-state index is 0.147. The van der Waals surface area contributed by atoms with Crippen LogP contribution in [0.1, 0.15) is 76.0 Å². The van der Waals surface area contributed by atoms with Crippen LogP contribution in [-0.4, -0.2) is 32.6 Å². The Morgan fingerprint density at radius 3 is 1.80 bits per heavy atom. The first-order chi connectivity index (χ1) is 26.7. The molecule has 0 fully saturated rings. The van der Waals surface area contributed by atoms with E-state index in [4.69, 9.17) is 11.6 Å². The Hall–Kier alpha value is -4.82. The van der Waals surface area contributed by atoms with E-state index >= 15 is 0 Å². The predicted octanol–water partition coefficient (Wildman–Crippen LogP) is 12.9. The van der Waals surface area contributed by atoms with Crippen molar-refractivity contribution >= 4 is 60.9 Å². The topological polar surface area (TPSA) is 72.9 Å². The maximum absolute atomic E-state index is 12.6. The summed E-state index contributed by atoms with van der Waals surface area (Å²) in [5, 5.41) is 5.91. The zero-order valence-corrected chi connectivity index (χ0v) is 33.8. The fourth-order valence-corrected chi connectivity index (χ4v) is 8.44. The van der Waals surface area contributed by atoms with Crippen LogP contribution in [0.5, 0.6) is 0 Å². The Labute approximate surface area is 332 Å². The van der Waals surface area contributed by atoms with Crippen molar-refractivity contribution < 1.29 is 13.0 Å². The molecule has 6 rings (SSSR count). The number of benzene rings is 6. The molecule has 286 valence electrons. The van der Waals surface area contributed by atoms with E-state index < -0.39 is 10.1 Å². The Balaban J connectivity index is 1.51. The van der Waals surface area contributed by atoms with Gasteiger partial charge in [-0.15, -0.1) is 0 Å². The summed E-state index contributed by atoms with van der Waals surface area (Å²) >= 11 is 7.34. The minimum Gasteiger partial charge on any atom is -0.384 e. The van der Waals surface area contributed by atoms with Gasteiger partial charge in [-0.05, 0) is 115 Å². The average molecular weight is 774 g/mol. The largest absolute Gasteiger partial charge is 0.384 e. The summed E-state index contributed by atoms with van der Waals surface area (Å²) in [6.07, 6.45) is 4.56. The van der Waals surface area contributed by atoms with E-state index in [9.17, 15) is 13.0 Å². The van der Waals surface area contributed by atoms with Gasteiger partial charge in [0.25, 0.3) is 10.1 Å². The molecule has 0 saturated carbocycles. The van der Waals surface area contributed by atoms with Crippen LogP contribution in [0.15, 0.2) is 138 Å². The molecule has 8 heteroatoms. The van der Waals surface area contributed by atoms with Crippen molar-refractivity contribution in [3.63, 3.8) is 0 Å². The maximum atomic E-state index is 12.6. The molecule has 0 radical (unpaired) electrons. The normalized spacial score (nSPS) is 12.7. The molecule has 2 N–H and O–H groups in total. The highest BCUT2D eigenvalue weighted by Gasteiger charge is 2.25. The number of fused-ring (bicyclic) bond motifs is 1. The summed E-state index contributed by atoms with van der Waals surface area (Å²) in [4.78, 5) is 4.34. The summed E-state index contributed by atoms with van der Waals surface area (Å²) in [6, 6.07) is 44.4. The van der Waals surface area contributed by atoms with Gasteiger partial charge in [0.2, 0.25) is 0 Å². The van der Waals surface area contributed by atoms with Crippen molar-refractivity contribution in [3.05, 3.63) is 155 Å². The number of rotatable bonds is 17. The lowest BCUT2D eigenvalue weighted by Gasteiger charge is -2.28. The smallest absolute Gasteiger partial charge is 0.294 e. The number of hydrogen-bond donors (Lipinski definition) is 2. The molecule has 0 amide bonds. The Kier molecular flexibility index (Phi) is 13.2. The van der Waals surface area contributed by atoms with Crippen molar-refractivity contribution in [2.24, 2.45) is 5.92 Å². The summed E-state index contributed by atoms with van der Waals surface area (Å²) in [6.45, 7) is 11.1. The third-order valence-corrected chi connectivity index (χ3v) is 11.8. The highest BCUT2D eigenvalue weighted by atomic mass is 35.5. The molecule has 6 nitrogen and oxygen atoms in total. The van der Waals surface area contributed by atoms with Gasteiger partial charge in [-0.25, -0.2) is 0 Å². The highest BCUT2D eigenvalue weighted by Crippen LogP contribution is 2.43. The molecular weight excluding hydrogens is 722 g/mol. The van der Waals surface area contributed by atoms with Gasteiger partial charge >= 0.3 is 0 Å². The quantitative estimate of drug-likeness (QED) is 0.0710. The number of halogens is 1. The standard InChI is InChI=1S/C47H52ClN3O3S/c1-5-9-16-34(6-2)33-49-46-30-29-42(44-32-40(55(52,53)54)26-28-41(44)46)47(35-21-23-38(24-22-35)50(7-3)36-17-12-10-13-18-36)43-27-25-39(31-45(43)48)51(8-4)37-19-14-11-15-20-37/h10-15,17-32,34,47,49H,5-9,16,33H2,1-4H3,(H,52,53,54)/t34?,47-/m1/s1. The monoisotopic (exact) mass is 773 g/mol. The van der Waals surface area contributed by atoms with Crippen molar-refractivity contribution in [2.75, 3.05) is 34.8 Å². The van der Waals surface area contributed by atoms with Gasteiger partial charge in [-0.1, -0.05) is 111 Å². The van der Waals surface area contributed by atoms with Crippen LogP contribution in [0.25, 0.3) is 10.8 Å². The molecular formula is C47H52ClN3O3S. The zero-order valence-electron chi connectivity index (χ0n) is 32.3. The number of hydrogen-bond acceptors (Lipinski definition) is 5. The van der Waals surface area contributed by atoms with Crippen LogP contribution < -0.4 is 15.1 Å². The van der Waals surface area contributed by atoms with Gasteiger partial charge in [-0.2, -0.15) is 8.42 Å². The summed E-state index contributed by atoms with van der Waals surface area (Å²) in [5.74, 6) is 0.155. The third kappa shape index (κ3) is 9.18. The SMILES string of the molecule is CCCCC(CC)CNc1ccc([C@@H](c2ccc(N(CC)c3ccccc3)cc2)c2ccc(N(CC)c3ccccc3)cc2Cl)c2cc(S(=O)(=O)O)ccc12. The van der Waals surface area contributed by atoms with E-state index in [1.54, 1.807) is 12.1 Å². The van der Waals surface area contributed by atoms with E-state index in [2.05, 4.69) is 116 Å². The molecule has 0 heterocycles. The van der Waals surface area contributed by atoms with E-state index in [-0.39, 0.29) is 10.8 Å². The van der Waals surface area contributed by atoms with E-state index in [1.165, 1.54) is 12.5 Å². The summed E-state index contributed by atoms with van der Waals surface area (Å²) in [5.41, 5.74) is 7.93. The van der Waals surface area contributed by atoms with Crippen LogP contribution in [0.3, 0.4) is 0 Å². The van der Waals surface area contributed by atoms with Crippen molar-refractivity contribution in [1.29, 1.82) is 0 Å². The van der Waals surface area contributed by atoms with E-state index in [0.29, 0.717) is 10.9 Å². The van der Waals surface area contributed by atoms with Gasteiger partial charge < -0.3 is 15.1 Å². The van der Waals surface area contributed by atoms with Gasteiger partial charge in [0.05, 0.1) is 4.90 Å². The highest BCUT2D eigenvalue weighted by molar-refractivity contribution is 7.85. The van der Waals surface area contributed by atoms with Crippen LogP contribution in [0, 0.1) is 5.92 Å². The van der Waals surface area contributed by atoms with Gasteiger partial charge in [0.15, 0.2) is 0 Å². The lowest BCUT2D eigenvalue weighted by Crippen LogP contribution is -2.17. The average Bonchev–Trinajstić information content (AvgIpc) is 3.20. The van der Waals surface area contributed by atoms with Crippen LogP contribution >= 0.6 is 11.6 Å². The molecule has 0 aliphatic carbocycles. The molecule has 6 aromatic rings. The Morgan fingerprint density at radius 1 is 0.655 bits per heavy atom. The maximum Gasteiger partial charge on any atom is 0.294 e. The number of nitrogens with one attached hydrogen (secondary N) is 1. The molecule has 0 aliphatic heterocycles. The zero-order chi connectivity index (χ0) is 39.0. The molecule has 6 aromatic carbocycles. The molecule has 55 heavy (non-hydrogen) atoms. The van der Waals surface area contributed by atoms with Gasteiger partial charge in [0.1, 0.15) is 0 Å². The molecule has 0 spiro atoms. The summed E-state index contributed by atoms with van der Waals surface area (Å²) < 4.78 is 35.4. The molecule has 0 aromatic heterocycles. The van der Waals surface area contributed by atoms with E-state index in [1.807, 2.05) is 42.5 Å². The number of unbranched alkanes of at least 4 members (excludes halogenated alkanes) is 1. The van der Waals surface area contributed by atoms with Gasteiger partial charge in [0, 0.05) is 64.4 Å². The first kappa shape index (κ1) is 39.9. The Bertz CT molecular complexity index is 2280. The van der Waals surface area contributed by atoms with Crippen LogP contribution in [0.2, 0.25) is 5.02 Å². The lowest BCUT2D eigenvalue weighted by molar-refractivity contribution is 0.473. The molecule has 1 unspecified atom stereocenters. The second kappa shape index (κ2) is 18.2. The number of anilines is 5. The van der Waals surface area contributed by atoms with Crippen molar-refractivity contribution in [2.45, 2.75) is 64.2 Å². The number of para-hydroxylation sites is 2. The predicted molar refractivity (Wildman–Crippen MR) is 233 cm³/mol. The van der Waals surface area contributed by atoms with Gasteiger partial charge in [-0.3, -0.25) is 4.55 Å². The van der Waals surface area contributed by atoms with Crippen LogP contribution in [-0.2, 0) is 10.1 Å². The Morgan fingerprint density at radius 2 is 1.24 bits per heavy atom. The fourth-order valence-electron chi connectivity index (χ4n) is 7.65. The third-order valence-electron chi connectivity index (χ3n) is 10.7. The second-order valence-corrected chi connectivity index (χ2v) is 15.9. The van der Waals surface area contributed by atoms with Crippen LogP contribution in [0.4, 0.5) is 28.4 Å². The first-order valence-corrected chi connectivity index (χ1v) is 21.3. The minimum atomic E-state index is -4.47. The first-order valence-electron chi connectivity index (χ1n) is 19.5. The molecule has 0 saturated heterocycles. The molecule has 2 atom stereocenters. The molecule has 0 aliphatic rings. The number of nitrogens with zero attached hydrogens (tertiary/aromatic N) is 2. The lowest BCUT2D eigenvalue weighted by atomic mass is 9.82. The van der Waals surface area contributed by atoms with Crippen molar-refractivity contribution in [3.8, 4) is 0 Å². The molecule has 0 bridgehead atoms. The van der Waals surface area contributed by atoms with Crippen molar-refractivity contribution in [1.82, 2.24) is 0 Å². The van der Waals surface area contributed by atoms with E-state index in [0.717, 1.165) is 94.8 Å². The second-order valence-electron chi connectivity index (χ2n) is 14.1. The fraction of sp³-hybridized carbons (Fsp3) is 0.277.